The highest BCUT2D eigenvalue weighted by Gasteiger charge is 2.32. The molecule has 2 rings (SSSR count). The fourth-order valence-corrected chi connectivity index (χ4v) is 3.13. The Morgan fingerprint density at radius 1 is 1.18 bits per heavy atom. The molecule has 1 aromatic carbocycles. The Kier molecular flexibility index (Phi) is 5.78. The number of hydrogen-bond donors (Lipinski definition) is 3. The summed E-state index contributed by atoms with van der Waals surface area (Å²) >= 11 is 5.44. The Morgan fingerprint density at radius 2 is 1.77 bits per heavy atom. The highest BCUT2D eigenvalue weighted by molar-refractivity contribution is 7.80. The van der Waals surface area contributed by atoms with Gasteiger partial charge in [-0.15, -0.1) is 0 Å². The first-order valence-corrected chi connectivity index (χ1v) is 8.34. The Bertz CT molecular complexity index is 504. The van der Waals surface area contributed by atoms with Gasteiger partial charge in [0.1, 0.15) is 18.6 Å². The van der Waals surface area contributed by atoms with Crippen LogP contribution in [-0.4, -0.2) is 43.5 Å². The van der Waals surface area contributed by atoms with E-state index in [0.29, 0.717) is 5.11 Å². The summed E-state index contributed by atoms with van der Waals surface area (Å²) in [5.41, 5.74) is 3.66. The van der Waals surface area contributed by atoms with Crippen LogP contribution >= 0.6 is 12.2 Å². The molecule has 0 atom stereocenters. The van der Waals surface area contributed by atoms with Gasteiger partial charge in [-0.3, -0.25) is 0 Å². The van der Waals surface area contributed by atoms with Gasteiger partial charge in [0.15, 0.2) is 5.11 Å². The summed E-state index contributed by atoms with van der Waals surface area (Å²) in [5, 5.41) is 7.34. The largest absolute Gasteiger partial charge is 0.370 e. The number of morpholine rings is 1. The molecule has 1 heterocycles. The Balaban J connectivity index is 1.86. The minimum atomic E-state index is 0.137. The number of quaternary nitrogens is 1. The van der Waals surface area contributed by atoms with Gasteiger partial charge in [-0.1, -0.05) is 6.07 Å². The standard InChI is InChI=1S/C17H27N3OS/c1-13-9-14(2)11-15(10-13)19-16(22)18-12-17(3,4)20-5-7-21-8-6-20/h9-11H,5-8,12H2,1-4H3,(H2,18,19,22)/p+1. The van der Waals surface area contributed by atoms with E-state index in [1.165, 1.54) is 11.1 Å². The number of hydrogen-bond acceptors (Lipinski definition) is 2. The topological polar surface area (TPSA) is 37.7 Å². The van der Waals surface area contributed by atoms with Gasteiger partial charge in [0.2, 0.25) is 0 Å². The van der Waals surface area contributed by atoms with Crippen molar-refractivity contribution in [2.24, 2.45) is 0 Å². The normalized spacial score (nSPS) is 16.4. The molecule has 4 nitrogen and oxygen atoms in total. The van der Waals surface area contributed by atoms with Crippen molar-refractivity contribution < 1.29 is 9.64 Å². The SMILES string of the molecule is Cc1cc(C)cc(NC(=S)NCC(C)(C)[NH+]2CCOCC2)c1. The summed E-state index contributed by atoms with van der Waals surface area (Å²) < 4.78 is 5.44. The monoisotopic (exact) mass is 322 g/mol. The molecule has 0 bridgehead atoms. The Labute approximate surface area is 139 Å². The lowest BCUT2D eigenvalue weighted by atomic mass is 10.0. The van der Waals surface area contributed by atoms with E-state index in [0.717, 1.165) is 38.5 Å². The number of benzene rings is 1. The first-order valence-electron chi connectivity index (χ1n) is 7.93. The molecule has 122 valence electrons. The van der Waals surface area contributed by atoms with Gasteiger partial charge >= 0.3 is 0 Å². The van der Waals surface area contributed by atoms with Crippen LogP contribution in [0.5, 0.6) is 0 Å². The molecule has 0 spiro atoms. The molecule has 0 radical (unpaired) electrons. The minimum Gasteiger partial charge on any atom is -0.370 e. The van der Waals surface area contributed by atoms with Crippen molar-refractivity contribution in [1.29, 1.82) is 0 Å². The lowest BCUT2D eigenvalue weighted by Gasteiger charge is -2.37. The second kappa shape index (κ2) is 7.40. The van der Waals surface area contributed by atoms with Crippen molar-refractivity contribution in [1.82, 2.24) is 5.32 Å². The van der Waals surface area contributed by atoms with Gasteiger partial charge in [0.25, 0.3) is 0 Å². The fourth-order valence-electron chi connectivity index (χ4n) is 2.94. The molecule has 1 aromatic rings. The maximum absolute atomic E-state index is 5.44. The average Bonchev–Trinajstić information content (AvgIpc) is 2.45. The molecule has 0 unspecified atom stereocenters. The summed E-state index contributed by atoms with van der Waals surface area (Å²) in [6, 6.07) is 6.38. The molecule has 3 N–H and O–H groups in total. The first-order chi connectivity index (χ1) is 10.4. The lowest BCUT2D eigenvalue weighted by molar-refractivity contribution is -0.954. The number of anilines is 1. The third-order valence-corrected chi connectivity index (χ3v) is 4.47. The second-order valence-electron chi connectivity index (χ2n) is 6.78. The molecule has 0 amide bonds. The highest BCUT2D eigenvalue weighted by atomic mass is 32.1. The molecule has 0 aliphatic carbocycles. The zero-order valence-electron chi connectivity index (χ0n) is 14.1. The molecule has 0 aromatic heterocycles. The third kappa shape index (κ3) is 4.93. The summed E-state index contributed by atoms with van der Waals surface area (Å²) in [7, 11) is 0. The summed E-state index contributed by atoms with van der Waals surface area (Å²) in [6.07, 6.45) is 0. The van der Waals surface area contributed by atoms with Crippen LogP contribution in [0.4, 0.5) is 5.69 Å². The van der Waals surface area contributed by atoms with Crippen LogP contribution < -0.4 is 15.5 Å². The van der Waals surface area contributed by atoms with E-state index in [1.807, 2.05) is 0 Å². The van der Waals surface area contributed by atoms with Crippen molar-refractivity contribution in [3.8, 4) is 0 Å². The van der Waals surface area contributed by atoms with Crippen molar-refractivity contribution in [2.45, 2.75) is 33.2 Å². The zero-order valence-corrected chi connectivity index (χ0v) is 14.9. The fraction of sp³-hybridized carbons (Fsp3) is 0.588. The van der Waals surface area contributed by atoms with Crippen LogP contribution in [0.1, 0.15) is 25.0 Å². The quantitative estimate of drug-likeness (QED) is 0.730. The maximum atomic E-state index is 5.44. The first kappa shape index (κ1) is 17.2. The van der Waals surface area contributed by atoms with Crippen LogP contribution in [-0.2, 0) is 4.74 Å². The number of thiocarbonyl (C=S) groups is 1. The highest BCUT2D eigenvalue weighted by Crippen LogP contribution is 2.13. The van der Waals surface area contributed by atoms with E-state index >= 15 is 0 Å². The van der Waals surface area contributed by atoms with Gasteiger partial charge in [0, 0.05) is 5.69 Å². The van der Waals surface area contributed by atoms with Crippen LogP contribution in [0.2, 0.25) is 0 Å². The number of rotatable bonds is 4. The van der Waals surface area contributed by atoms with Crippen LogP contribution in [0.3, 0.4) is 0 Å². The van der Waals surface area contributed by atoms with Crippen molar-refractivity contribution in [3.63, 3.8) is 0 Å². The number of ether oxygens (including phenoxy) is 1. The van der Waals surface area contributed by atoms with Crippen LogP contribution in [0, 0.1) is 13.8 Å². The minimum absolute atomic E-state index is 0.137. The van der Waals surface area contributed by atoms with Crippen LogP contribution in [0.25, 0.3) is 0 Å². The Hall–Kier alpha value is -1.17. The summed E-state index contributed by atoms with van der Waals surface area (Å²) in [6.45, 7) is 13.4. The average molecular weight is 322 g/mol. The smallest absolute Gasteiger partial charge is 0.171 e. The zero-order chi connectivity index (χ0) is 16.2. The van der Waals surface area contributed by atoms with Gasteiger partial charge < -0.3 is 20.3 Å². The predicted octanol–water partition coefficient (Wildman–Crippen LogP) is 1.28. The van der Waals surface area contributed by atoms with E-state index in [4.69, 9.17) is 17.0 Å². The van der Waals surface area contributed by atoms with Crippen molar-refractivity contribution in [3.05, 3.63) is 29.3 Å². The van der Waals surface area contributed by atoms with Gasteiger partial charge in [-0.05, 0) is 63.2 Å². The molecular weight excluding hydrogens is 294 g/mol. The van der Waals surface area contributed by atoms with Crippen molar-refractivity contribution in [2.75, 3.05) is 38.2 Å². The van der Waals surface area contributed by atoms with Crippen LogP contribution in [0.15, 0.2) is 18.2 Å². The molecule has 22 heavy (non-hydrogen) atoms. The lowest BCUT2D eigenvalue weighted by Crippen LogP contribution is -3.22. The molecule has 1 saturated heterocycles. The molecule has 1 aliphatic heterocycles. The number of nitrogens with one attached hydrogen (secondary N) is 3. The van der Waals surface area contributed by atoms with E-state index < -0.39 is 0 Å². The number of aryl methyl sites for hydroxylation is 2. The summed E-state index contributed by atoms with van der Waals surface area (Å²) in [4.78, 5) is 1.57. The second-order valence-corrected chi connectivity index (χ2v) is 7.19. The summed E-state index contributed by atoms with van der Waals surface area (Å²) in [5.74, 6) is 0. The molecule has 1 fully saturated rings. The maximum Gasteiger partial charge on any atom is 0.171 e. The molecule has 5 heteroatoms. The van der Waals surface area contributed by atoms with E-state index in [9.17, 15) is 0 Å². The molecule has 1 aliphatic rings. The van der Waals surface area contributed by atoms with E-state index in [-0.39, 0.29) is 5.54 Å². The van der Waals surface area contributed by atoms with E-state index in [1.54, 1.807) is 4.90 Å². The van der Waals surface area contributed by atoms with E-state index in [2.05, 4.69) is 56.5 Å². The van der Waals surface area contributed by atoms with Crippen molar-refractivity contribution >= 4 is 23.0 Å². The predicted molar refractivity (Wildman–Crippen MR) is 95.7 cm³/mol. The van der Waals surface area contributed by atoms with Gasteiger partial charge in [-0.2, -0.15) is 0 Å². The third-order valence-electron chi connectivity index (χ3n) is 4.22. The molecule has 0 saturated carbocycles. The molecular formula is C17H28N3OS+. The van der Waals surface area contributed by atoms with Gasteiger partial charge in [-0.25, -0.2) is 0 Å². The van der Waals surface area contributed by atoms with Gasteiger partial charge in [0.05, 0.1) is 19.8 Å². The Morgan fingerprint density at radius 3 is 2.36 bits per heavy atom.